The first kappa shape index (κ1) is 10.9. The van der Waals surface area contributed by atoms with E-state index in [4.69, 9.17) is 15.7 Å². The van der Waals surface area contributed by atoms with E-state index in [2.05, 4.69) is 22.0 Å². The molecule has 0 amide bonds. The number of hydrogen-bond acceptors (Lipinski definition) is 3. The van der Waals surface area contributed by atoms with Crippen molar-refractivity contribution in [3.8, 4) is 11.8 Å². The molecule has 0 radical (unpaired) electrons. The number of anilines is 1. The zero-order valence-electron chi connectivity index (χ0n) is 7.66. The number of rotatable bonds is 4. The van der Waals surface area contributed by atoms with Crippen LogP contribution in [0.25, 0.3) is 0 Å². The van der Waals surface area contributed by atoms with Crippen molar-refractivity contribution in [2.75, 3.05) is 12.3 Å². The highest BCUT2D eigenvalue weighted by Crippen LogP contribution is 2.27. The van der Waals surface area contributed by atoms with Gasteiger partial charge in [-0.05, 0) is 34.5 Å². The van der Waals surface area contributed by atoms with Crippen LogP contribution >= 0.6 is 15.9 Å². The molecule has 74 valence electrons. The molecule has 14 heavy (non-hydrogen) atoms. The van der Waals surface area contributed by atoms with Crippen molar-refractivity contribution in [2.45, 2.75) is 12.8 Å². The maximum absolute atomic E-state index is 8.33. The summed E-state index contributed by atoms with van der Waals surface area (Å²) in [5, 5.41) is 8.33. The maximum atomic E-state index is 8.33. The first-order valence-corrected chi connectivity index (χ1v) is 5.08. The second kappa shape index (κ2) is 5.51. The molecule has 0 aliphatic rings. The molecule has 0 fully saturated rings. The molecule has 0 unspecified atom stereocenters. The average molecular weight is 255 g/mol. The monoisotopic (exact) mass is 254 g/mol. The molecule has 0 bridgehead atoms. The Bertz CT molecular complexity index is 346. The summed E-state index contributed by atoms with van der Waals surface area (Å²) in [5.41, 5.74) is 6.27. The van der Waals surface area contributed by atoms with E-state index in [0.29, 0.717) is 18.7 Å². The number of nitrogens with zero attached hydrogens (tertiary/aromatic N) is 1. The van der Waals surface area contributed by atoms with E-state index in [1.54, 1.807) is 12.1 Å². The summed E-state index contributed by atoms with van der Waals surface area (Å²) in [7, 11) is 0. The van der Waals surface area contributed by atoms with Crippen LogP contribution in [0.1, 0.15) is 12.8 Å². The molecular weight excluding hydrogens is 244 g/mol. The minimum atomic E-state index is 0.514. The van der Waals surface area contributed by atoms with Crippen LogP contribution in [0, 0.1) is 11.3 Å². The highest BCUT2D eigenvalue weighted by atomic mass is 79.9. The fourth-order valence-corrected chi connectivity index (χ4v) is 1.33. The van der Waals surface area contributed by atoms with E-state index >= 15 is 0 Å². The molecule has 0 aliphatic carbocycles. The predicted molar refractivity (Wildman–Crippen MR) is 58.9 cm³/mol. The number of unbranched alkanes of at least 4 members (excludes halogenated alkanes) is 1. The van der Waals surface area contributed by atoms with Crippen LogP contribution in [0.15, 0.2) is 22.7 Å². The summed E-state index contributed by atoms with van der Waals surface area (Å²) in [6, 6.07) is 7.46. The molecule has 2 N–H and O–H groups in total. The van der Waals surface area contributed by atoms with Gasteiger partial charge in [-0.15, -0.1) is 0 Å². The first-order chi connectivity index (χ1) is 6.74. The van der Waals surface area contributed by atoms with Gasteiger partial charge < -0.3 is 10.5 Å². The van der Waals surface area contributed by atoms with E-state index in [1.807, 2.05) is 6.07 Å². The smallest absolute Gasteiger partial charge is 0.135 e. The number of nitrogens with two attached hydrogens (primary N) is 1. The summed E-state index contributed by atoms with van der Waals surface area (Å²) in [6.07, 6.45) is 1.25. The van der Waals surface area contributed by atoms with Gasteiger partial charge in [0.2, 0.25) is 0 Å². The molecule has 0 atom stereocenters. The van der Waals surface area contributed by atoms with Crippen molar-refractivity contribution in [1.82, 2.24) is 0 Å². The van der Waals surface area contributed by atoms with Crippen LogP contribution in [0.5, 0.6) is 5.75 Å². The Balaban J connectivity index is 2.50. The summed E-state index contributed by atoms with van der Waals surface area (Å²) in [4.78, 5) is 0. The standard InChI is InChI=1S/C10H11BrN2O/c11-9-4-3-8(13)7-10(9)14-6-2-1-5-12/h3-4,7H,1-2,6,13H2. The SMILES string of the molecule is N#CCCCOc1cc(N)ccc1Br. The first-order valence-electron chi connectivity index (χ1n) is 4.29. The average Bonchev–Trinajstić information content (AvgIpc) is 2.18. The van der Waals surface area contributed by atoms with Crippen molar-refractivity contribution in [2.24, 2.45) is 0 Å². The molecule has 0 spiro atoms. The number of halogens is 1. The molecule has 1 aromatic carbocycles. The van der Waals surface area contributed by atoms with Gasteiger partial charge in [-0.1, -0.05) is 0 Å². The van der Waals surface area contributed by atoms with Crippen LogP contribution in [0.4, 0.5) is 5.69 Å². The van der Waals surface area contributed by atoms with Gasteiger partial charge in [0.15, 0.2) is 0 Å². The Morgan fingerprint density at radius 2 is 2.29 bits per heavy atom. The van der Waals surface area contributed by atoms with Crippen LogP contribution in [-0.2, 0) is 0 Å². The van der Waals surface area contributed by atoms with Gasteiger partial charge in [0.25, 0.3) is 0 Å². The van der Waals surface area contributed by atoms with Crippen molar-refractivity contribution in [1.29, 1.82) is 5.26 Å². The van der Waals surface area contributed by atoms with Crippen LogP contribution in [-0.4, -0.2) is 6.61 Å². The van der Waals surface area contributed by atoms with Crippen LogP contribution in [0.3, 0.4) is 0 Å². The van der Waals surface area contributed by atoms with Crippen molar-refractivity contribution >= 4 is 21.6 Å². The van der Waals surface area contributed by atoms with Gasteiger partial charge >= 0.3 is 0 Å². The third kappa shape index (κ3) is 3.27. The normalized spacial score (nSPS) is 9.43. The van der Waals surface area contributed by atoms with Crippen LogP contribution < -0.4 is 10.5 Å². The third-order valence-corrected chi connectivity index (χ3v) is 2.30. The van der Waals surface area contributed by atoms with Gasteiger partial charge in [-0.2, -0.15) is 5.26 Å². The van der Waals surface area contributed by atoms with E-state index in [9.17, 15) is 0 Å². The number of nitriles is 1. The molecule has 0 heterocycles. The van der Waals surface area contributed by atoms with Crippen LogP contribution in [0.2, 0.25) is 0 Å². The van der Waals surface area contributed by atoms with E-state index in [-0.39, 0.29) is 0 Å². The Labute approximate surface area is 91.6 Å². The number of nitrogen functional groups attached to an aromatic ring is 1. The molecule has 0 saturated carbocycles. The zero-order valence-corrected chi connectivity index (χ0v) is 9.25. The number of hydrogen-bond donors (Lipinski definition) is 1. The maximum Gasteiger partial charge on any atom is 0.135 e. The second-order valence-electron chi connectivity index (χ2n) is 2.80. The topological polar surface area (TPSA) is 59.0 Å². The number of benzene rings is 1. The largest absolute Gasteiger partial charge is 0.492 e. The lowest BCUT2D eigenvalue weighted by Gasteiger charge is -2.07. The zero-order chi connectivity index (χ0) is 10.4. The van der Waals surface area contributed by atoms with E-state index in [1.165, 1.54) is 0 Å². The minimum Gasteiger partial charge on any atom is -0.492 e. The summed E-state index contributed by atoms with van der Waals surface area (Å²) in [5.74, 6) is 0.725. The Morgan fingerprint density at radius 1 is 1.50 bits per heavy atom. The van der Waals surface area contributed by atoms with Gasteiger partial charge in [-0.3, -0.25) is 0 Å². The van der Waals surface area contributed by atoms with Gasteiger partial charge in [0, 0.05) is 18.2 Å². The summed E-state index contributed by atoms with van der Waals surface area (Å²) in [6.45, 7) is 0.537. The third-order valence-electron chi connectivity index (χ3n) is 1.65. The highest BCUT2D eigenvalue weighted by molar-refractivity contribution is 9.10. The minimum absolute atomic E-state index is 0.514. The molecule has 0 saturated heterocycles. The molecule has 3 nitrogen and oxygen atoms in total. The fraction of sp³-hybridized carbons (Fsp3) is 0.300. The Kier molecular flexibility index (Phi) is 4.27. The fourth-order valence-electron chi connectivity index (χ4n) is 0.964. The second-order valence-corrected chi connectivity index (χ2v) is 3.65. The Hall–Kier alpha value is -1.21. The lowest BCUT2D eigenvalue weighted by molar-refractivity contribution is 0.311. The van der Waals surface area contributed by atoms with Gasteiger partial charge in [-0.25, -0.2) is 0 Å². The molecule has 0 aliphatic heterocycles. The Morgan fingerprint density at radius 3 is 3.00 bits per heavy atom. The molecule has 0 aromatic heterocycles. The van der Waals surface area contributed by atoms with E-state index < -0.39 is 0 Å². The predicted octanol–water partition coefficient (Wildman–Crippen LogP) is 2.71. The highest BCUT2D eigenvalue weighted by Gasteiger charge is 2.00. The molecular formula is C10H11BrN2O. The number of ether oxygens (including phenoxy) is 1. The van der Waals surface area contributed by atoms with Crippen molar-refractivity contribution < 1.29 is 4.74 Å². The lowest BCUT2D eigenvalue weighted by Crippen LogP contribution is -1.98. The molecule has 4 heteroatoms. The van der Waals surface area contributed by atoms with Crippen molar-refractivity contribution in [3.05, 3.63) is 22.7 Å². The molecule has 1 aromatic rings. The summed E-state index contributed by atoms with van der Waals surface area (Å²) < 4.78 is 6.32. The van der Waals surface area contributed by atoms with E-state index in [0.717, 1.165) is 16.6 Å². The quantitative estimate of drug-likeness (QED) is 0.664. The van der Waals surface area contributed by atoms with Gasteiger partial charge in [0.05, 0.1) is 17.1 Å². The summed E-state index contributed by atoms with van der Waals surface area (Å²) >= 11 is 3.35. The lowest BCUT2D eigenvalue weighted by atomic mass is 10.3. The van der Waals surface area contributed by atoms with Gasteiger partial charge in [0.1, 0.15) is 5.75 Å². The van der Waals surface area contributed by atoms with Crippen molar-refractivity contribution in [3.63, 3.8) is 0 Å². The molecule has 1 rings (SSSR count).